The maximum Gasteiger partial charge on any atom is 0.134 e. The lowest BCUT2D eigenvalue weighted by molar-refractivity contribution is 0.597. The average molecular weight is 553 g/mol. The van der Waals surface area contributed by atoms with Crippen LogP contribution in [0, 0.1) is 0 Å². The molecule has 0 aliphatic carbocycles. The Hall–Kier alpha value is -5.18. The van der Waals surface area contributed by atoms with Crippen molar-refractivity contribution in [3.05, 3.63) is 146 Å². The lowest BCUT2D eigenvalue weighted by atomic mass is 9.91. The molecule has 2 heterocycles. The first-order valence-corrected chi connectivity index (χ1v) is 15.1. The molecule has 0 fully saturated rings. The molecule has 0 amide bonds. The second-order valence-electron chi connectivity index (χ2n) is 10.9. The fourth-order valence-electron chi connectivity index (χ4n) is 6.45. The third kappa shape index (κ3) is 3.62. The quantitative estimate of drug-likeness (QED) is 0.199. The highest BCUT2D eigenvalue weighted by Gasteiger charge is 2.14. The summed E-state index contributed by atoms with van der Waals surface area (Å²) in [5.74, 6) is 1.77. The van der Waals surface area contributed by atoms with E-state index in [-0.39, 0.29) is 0 Å². The van der Waals surface area contributed by atoms with Crippen LogP contribution in [0.4, 0.5) is 0 Å². The van der Waals surface area contributed by atoms with Crippen LogP contribution in [0.3, 0.4) is 0 Å². The lowest BCUT2D eigenvalue weighted by Gasteiger charge is -2.13. The highest BCUT2D eigenvalue weighted by molar-refractivity contribution is 7.25. The Morgan fingerprint density at radius 3 is 1.57 bits per heavy atom. The highest BCUT2D eigenvalue weighted by Crippen LogP contribution is 2.41. The van der Waals surface area contributed by atoms with Gasteiger partial charge in [0.05, 0.1) is 0 Å². The zero-order valence-corrected chi connectivity index (χ0v) is 23.5. The third-order valence-electron chi connectivity index (χ3n) is 8.50. The van der Waals surface area contributed by atoms with Crippen molar-refractivity contribution < 1.29 is 4.42 Å². The van der Waals surface area contributed by atoms with Gasteiger partial charge in [-0.05, 0) is 92.0 Å². The number of fused-ring (bicyclic) bond motifs is 9. The Balaban J connectivity index is 1.19. The van der Waals surface area contributed by atoms with Gasteiger partial charge in [0.25, 0.3) is 0 Å². The zero-order chi connectivity index (χ0) is 27.6. The molecule has 0 saturated carbocycles. The van der Waals surface area contributed by atoms with Crippen LogP contribution in [0.5, 0.6) is 0 Å². The van der Waals surface area contributed by atoms with Gasteiger partial charge in [-0.3, -0.25) is 0 Å². The van der Waals surface area contributed by atoms with Crippen molar-refractivity contribution in [2.75, 3.05) is 0 Å². The monoisotopic (exact) mass is 552 g/mol. The molecule has 0 saturated heterocycles. The van der Waals surface area contributed by atoms with Crippen molar-refractivity contribution in [1.29, 1.82) is 0 Å². The van der Waals surface area contributed by atoms with Crippen molar-refractivity contribution in [3.8, 4) is 33.8 Å². The summed E-state index contributed by atoms with van der Waals surface area (Å²) < 4.78 is 9.14. The van der Waals surface area contributed by atoms with Crippen molar-refractivity contribution >= 4 is 63.8 Å². The van der Waals surface area contributed by atoms with Crippen molar-refractivity contribution in [1.82, 2.24) is 0 Å². The van der Waals surface area contributed by atoms with Gasteiger partial charge in [0.2, 0.25) is 0 Å². The van der Waals surface area contributed by atoms with Crippen LogP contribution in [0.15, 0.2) is 150 Å². The van der Waals surface area contributed by atoms with E-state index in [9.17, 15) is 0 Å². The van der Waals surface area contributed by atoms with Gasteiger partial charge in [0.15, 0.2) is 0 Å². The summed E-state index contributed by atoms with van der Waals surface area (Å²) >= 11 is 1.84. The Bertz CT molecular complexity index is 2460. The second-order valence-corrected chi connectivity index (χ2v) is 12.0. The van der Waals surface area contributed by atoms with Gasteiger partial charge in [-0.2, -0.15) is 0 Å². The van der Waals surface area contributed by atoms with Gasteiger partial charge in [-0.25, -0.2) is 0 Å². The first kappa shape index (κ1) is 23.5. The van der Waals surface area contributed by atoms with Crippen molar-refractivity contribution in [2.45, 2.75) is 0 Å². The number of rotatable bonds is 3. The topological polar surface area (TPSA) is 13.1 Å². The molecule has 9 rings (SSSR count). The Kier molecular flexibility index (Phi) is 5.13. The minimum absolute atomic E-state index is 0.879. The molecular formula is C40H24OS. The highest BCUT2D eigenvalue weighted by atomic mass is 32.1. The van der Waals surface area contributed by atoms with E-state index in [0.29, 0.717) is 0 Å². The molecule has 0 radical (unpaired) electrons. The van der Waals surface area contributed by atoms with E-state index >= 15 is 0 Å². The van der Waals surface area contributed by atoms with E-state index in [1.165, 1.54) is 63.6 Å². The van der Waals surface area contributed by atoms with Crippen LogP contribution in [0.1, 0.15) is 0 Å². The number of thiophene rings is 1. The SMILES string of the molecule is c1ccc(-c2ccc3c(c2)c2ccccc2c2ccc(-c4ccc(-c5ccc6sc7ccccc7c6c5)o4)cc23)cc1. The number of hydrogen-bond acceptors (Lipinski definition) is 2. The number of furan rings is 1. The lowest BCUT2D eigenvalue weighted by Crippen LogP contribution is -1.86. The molecule has 9 aromatic rings. The van der Waals surface area contributed by atoms with Crippen LogP contribution < -0.4 is 0 Å². The van der Waals surface area contributed by atoms with Crippen LogP contribution >= 0.6 is 11.3 Å². The predicted molar refractivity (Wildman–Crippen MR) is 180 cm³/mol. The molecular weight excluding hydrogens is 529 g/mol. The fraction of sp³-hybridized carbons (Fsp3) is 0. The average Bonchev–Trinajstić information content (AvgIpc) is 3.70. The molecule has 42 heavy (non-hydrogen) atoms. The maximum atomic E-state index is 6.52. The van der Waals surface area contributed by atoms with Crippen molar-refractivity contribution in [2.24, 2.45) is 0 Å². The normalized spacial score (nSPS) is 11.8. The van der Waals surface area contributed by atoms with E-state index in [2.05, 4.69) is 146 Å². The minimum Gasteiger partial charge on any atom is -0.456 e. The first-order chi connectivity index (χ1) is 20.8. The summed E-state index contributed by atoms with van der Waals surface area (Å²) in [4.78, 5) is 0. The van der Waals surface area contributed by atoms with Gasteiger partial charge < -0.3 is 4.42 Å². The van der Waals surface area contributed by atoms with Crippen molar-refractivity contribution in [3.63, 3.8) is 0 Å². The molecule has 0 spiro atoms. The van der Waals surface area contributed by atoms with E-state index in [0.717, 1.165) is 22.6 Å². The van der Waals surface area contributed by atoms with Gasteiger partial charge in [-0.1, -0.05) is 97.1 Å². The summed E-state index contributed by atoms with van der Waals surface area (Å²) in [6.07, 6.45) is 0. The standard InChI is InChI=1S/C40H24OS/c1-2-8-25(9-3-1)26-14-17-32-34(22-26)30-11-5-4-10-29(30)31-18-15-27(23-35(31)32)37-19-20-38(41-37)28-16-21-40-36(24-28)33-12-6-7-13-39(33)42-40/h1-24H. The molecule has 0 atom stereocenters. The largest absolute Gasteiger partial charge is 0.456 e. The van der Waals surface area contributed by atoms with Gasteiger partial charge in [0, 0.05) is 31.3 Å². The summed E-state index contributed by atoms with van der Waals surface area (Å²) in [7, 11) is 0. The maximum absolute atomic E-state index is 6.52. The summed E-state index contributed by atoms with van der Waals surface area (Å²) in [6, 6.07) is 52.4. The van der Waals surface area contributed by atoms with Crippen LogP contribution in [-0.4, -0.2) is 0 Å². The third-order valence-corrected chi connectivity index (χ3v) is 9.65. The summed E-state index contributed by atoms with van der Waals surface area (Å²) in [5.41, 5.74) is 4.64. The Morgan fingerprint density at radius 1 is 0.310 bits per heavy atom. The molecule has 2 aromatic heterocycles. The Labute approximate surface area is 246 Å². The molecule has 0 bridgehead atoms. The molecule has 0 aliphatic heterocycles. The first-order valence-electron chi connectivity index (χ1n) is 14.3. The molecule has 7 aromatic carbocycles. The van der Waals surface area contributed by atoms with Crippen LogP contribution in [0.2, 0.25) is 0 Å². The molecule has 0 aliphatic rings. The molecule has 0 unspecified atom stereocenters. The predicted octanol–water partition coefficient (Wildman–Crippen LogP) is 12.1. The van der Waals surface area contributed by atoms with Crippen LogP contribution in [-0.2, 0) is 0 Å². The van der Waals surface area contributed by atoms with Crippen LogP contribution in [0.25, 0.3) is 86.3 Å². The summed E-state index contributed by atoms with van der Waals surface area (Å²) in [6.45, 7) is 0. The van der Waals surface area contributed by atoms with E-state index in [1.54, 1.807) is 0 Å². The van der Waals surface area contributed by atoms with E-state index < -0.39 is 0 Å². The van der Waals surface area contributed by atoms with E-state index in [1.807, 2.05) is 11.3 Å². The second kappa shape index (κ2) is 9.17. The number of hydrogen-bond donors (Lipinski definition) is 0. The van der Waals surface area contributed by atoms with Gasteiger partial charge in [0.1, 0.15) is 11.5 Å². The zero-order valence-electron chi connectivity index (χ0n) is 22.7. The fourth-order valence-corrected chi connectivity index (χ4v) is 7.53. The molecule has 1 nitrogen and oxygen atoms in total. The molecule has 2 heteroatoms. The number of benzene rings is 7. The Morgan fingerprint density at radius 2 is 0.810 bits per heavy atom. The van der Waals surface area contributed by atoms with Gasteiger partial charge >= 0.3 is 0 Å². The van der Waals surface area contributed by atoms with Gasteiger partial charge in [-0.15, -0.1) is 11.3 Å². The minimum atomic E-state index is 0.879. The molecule has 0 N–H and O–H groups in total. The smallest absolute Gasteiger partial charge is 0.134 e. The summed E-state index contributed by atoms with van der Waals surface area (Å²) in [5, 5.41) is 10.2. The van der Waals surface area contributed by atoms with E-state index in [4.69, 9.17) is 4.42 Å². The molecule has 196 valence electrons.